The van der Waals surface area contributed by atoms with Gasteiger partial charge < -0.3 is 23.8 Å². The minimum Gasteiger partial charge on any atom is -0.491 e. The van der Waals surface area contributed by atoms with E-state index in [1.165, 1.54) is 0 Å². The van der Waals surface area contributed by atoms with Crippen LogP contribution < -0.4 is 14.4 Å². The standard InChI is InChI=1S/C24H30N2O4S/c1-19-18-31-24(25-19)26(16-20-6-4-8-22(14-20)29-12-10-27-2)17-21-7-5-9-23(15-21)30-13-11-28-3/h4-9,14-15,18H,10-13,16-17H2,1-3H3. The zero-order chi connectivity index (χ0) is 21.9. The average Bonchev–Trinajstić information content (AvgIpc) is 3.21. The fourth-order valence-electron chi connectivity index (χ4n) is 3.07. The van der Waals surface area contributed by atoms with Crippen molar-refractivity contribution in [2.24, 2.45) is 0 Å². The van der Waals surface area contributed by atoms with Crippen molar-refractivity contribution >= 4 is 16.5 Å². The van der Waals surface area contributed by atoms with Crippen LogP contribution in [0.3, 0.4) is 0 Å². The van der Waals surface area contributed by atoms with E-state index in [1.54, 1.807) is 25.6 Å². The molecule has 0 aliphatic rings. The van der Waals surface area contributed by atoms with Gasteiger partial charge in [-0.25, -0.2) is 4.98 Å². The molecule has 0 aliphatic heterocycles. The summed E-state index contributed by atoms with van der Waals surface area (Å²) in [6.45, 7) is 5.67. The molecule has 2 aromatic carbocycles. The van der Waals surface area contributed by atoms with Gasteiger partial charge in [-0.15, -0.1) is 11.3 Å². The number of aryl methyl sites for hydroxylation is 1. The largest absolute Gasteiger partial charge is 0.491 e. The van der Waals surface area contributed by atoms with Crippen molar-refractivity contribution in [2.45, 2.75) is 20.0 Å². The predicted octanol–water partition coefficient (Wildman–Crippen LogP) is 4.71. The molecule has 0 bridgehead atoms. The minimum atomic E-state index is 0.533. The molecule has 3 rings (SSSR count). The first-order valence-corrected chi connectivity index (χ1v) is 11.1. The minimum absolute atomic E-state index is 0.533. The Morgan fingerprint density at radius 3 is 1.81 bits per heavy atom. The Bertz CT molecular complexity index is 876. The first-order valence-electron chi connectivity index (χ1n) is 10.3. The molecular weight excluding hydrogens is 412 g/mol. The van der Waals surface area contributed by atoms with Gasteiger partial charge in [-0.05, 0) is 42.3 Å². The second kappa shape index (κ2) is 12.3. The van der Waals surface area contributed by atoms with E-state index in [9.17, 15) is 0 Å². The molecule has 0 unspecified atom stereocenters. The Morgan fingerprint density at radius 2 is 1.35 bits per heavy atom. The van der Waals surface area contributed by atoms with Crippen LogP contribution in [0.1, 0.15) is 16.8 Å². The maximum atomic E-state index is 5.78. The highest BCUT2D eigenvalue weighted by atomic mass is 32.1. The Balaban J connectivity index is 1.74. The van der Waals surface area contributed by atoms with Gasteiger partial charge in [-0.1, -0.05) is 24.3 Å². The van der Waals surface area contributed by atoms with Gasteiger partial charge in [-0.2, -0.15) is 0 Å². The summed E-state index contributed by atoms with van der Waals surface area (Å²) in [6, 6.07) is 16.4. The summed E-state index contributed by atoms with van der Waals surface area (Å²) < 4.78 is 21.7. The number of hydrogen-bond donors (Lipinski definition) is 0. The molecule has 0 saturated heterocycles. The van der Waals surface area contributed by atoms with Crippen molar-refractivity contribution < 1.29 is 18.9 Å². The Kier molecular flexibility index (Phi) is 9.15. The number of anilines is 1. The molecule has 0 saturated carbocycles. The smallest absolute Gasteiger partial charge is 0.186 e. The second-order valence-corrected chi connectivity index (χ2v) is 7.94. The molecule has 6 nitrogen and oxygen atoms in total. The van der Waals surface area contributed by atoms with Gasteiger partial charge in [0.05, 0.1) is 18.9 Å². The Labute approximate surface area is 188 Å². The molecule has 0 N–H and O–H groups in total. The zero-order valence-electron chi connectivity index (χ0n) is 18.4. The van der Waals surface area contributed by atoms with Gasteiger partial charge in [0.15, 0.2) is 5.13 Å². The topological polar surface area (TPSA) is 53.1 Å². The lowest BCUT2D eigenvalue weighted by Crippen LogP contribution is -2.22. The molecule has 1 aromatic heterocycles. The van der Waals surface area contributed by atoms with Crippen molar-refractivity contribution in [2.75, 3.05) is 45.5 Å². The maximum Gasteiger partial charge on any atom is 0.186 e. The number of benzene rings is 2. The number of rotatable bonds is 13. The van der Waals surface area contributed by atoms with Gasteiger partial charge in [0.25, 0.3) is 0 Å². The summed E-state index contributed by atoms with van der Waals surface area (Å²) in [6.07, 6.45) is 0. The normalized spacial score (nSPS) is 10.8. The van der Waals surface area contributed by atoms with Crippen LogP contribution in [0.5, 0.6) is 11.5 Å². The van der Waals surface area contributed by atoms with Gasteiger partial charge >= 0.3 is 0 Å². The number of hydrogen-bond acceptors (Lipinski definition) is 7. The first kappa shape index (κ1) is 23.1. The van der Waals surface area contributed by atoms with Crippen LogP contribution in [0.2, 0.25) is 0 Å². The SMILES string of the molecule is COCCOc1cccc(CN(Cc2cccc(OCCOC)c2)c2nc(C)cs2)c1. The summed E-state index contributed by atoms with van der Waals surface area (Å²) in [5.74, 6) is 1.69. The lowest BCUT2D eigenvalue weighted by atomic mass is 10.1. The van der Waals surface area contributed by atoms with Crippen LogP contribution in [0, 0.1) is 6.92 Å². The summed E-state index contributed by atoms with van der Waals surface area (Å²) >= 11 is 1.66. The van der Waals surface area contributed by atoms with Crippen molar-refractivity contribution in [3.8, 4) is 11.5 Å². The van der Waals surface area contributed by atoms with E-state index in [0.717, 1.165) is 46.5 Å². The van der Waals surface area contributed by atoms with Gasteiger partial charge in [-0.3, -0.25) is 0 Å². The van der Waals surface area contributed by atoms with Crippen LogP contribution in [0.25, 0.3) is 0 Å². The predicted molar refractivity (Wildman–Crippen MR) is 124 cm³/mol. The average molecular weight is 443 g/mol. The highest BCUT2D eigenvalue weighted by Gasteiger charge is 2.13. The van der Waals surface area contributed by atoms with Crippen molar-refractivity contribution in [1.82, 2.24) is 4.98 Å². The molecule has 0 amide bonds. The Morgan fingerprint density at radius 1 is 0.806 bits per heavy atom. The lowest BCUT2D eigenvalue weighted by molar-refractivity contribution is 0.146. The van der Waals surface area contributed by atoms with Gasteiger partial charge in [0.2, 0.25) is 0 Å². The van der Waals surface area contributed by atoms with E-state index >= 15 is 0 Å². The molecule has 3 aromatic rings. The van der Waals surface area contributed by atoms with Crippen molar-refractivity contribution in [1.29, 1.82) is 0 Å². The number of ether oxygens (including phenoxy) is 4. The third-order valence-electron chi connectivity index (χ3n) is 4.53. The molecule has 7 heteroatoms. The molecule has 31 heavy (non-hydrogen) atoms. The first-order chi connectivity index (χ1) is 15.2. The van der Waals surface area contributed by atoms with Crippen molar-refractivity contribution in [3.05, 3.63) is 70.7 Å². The number of aromatic nitrogens is 1. The third-order valence-corrected chi connectivity index (χ3v) is 5.55. The molecule has 0 radical (unpaired) electrons. The summed E-state index contributed by atoms with van der Waals surface area (Å²) in [7, 11) is 3.34. The molecule has 0 spiro atoms. The van der Waals surface area contributed by atoms with E-state index in [-0.39, 0.29) is 0 Å². The van der Waals surface area contributed by atoms with E-state index in [1.807, 2.05) is 31.2 Å². The number of thiazole rings is 1. The number of nitrogens with zero attached hydrogens (tertiary/aromatic N) is 2. The molecule has 0 fully saturated rings. The molecule has 166 valence electrons. The van der Waals surface area contributed by atoms with Crippen LogP contribution in [-0.2, 0) is 22.6 Å². The monoisotopic (exact) mass is 442 g/mol. The maximum absolute atomic E-state index is 5.78. The van der Waals surface area contributed by atoms with Crippen LogP contribution in [-0.4, -0.2) is 45.6 Å². The fourth-order valence-corrected chi connectivity index (χ4v) is 3.88. The molecule has 0 atom stereocenters. The van der Waals surface area contributed by atoms with E-state index in [4.69, 9.17) is 23.9 Å². The van der Waals surface area contributed by atoms with Gasteiger partial charge in [0.1, 0.15) is 24.7 Å². The molecule has 1 heterocycles. The lowest BCUT2D eigenvalue weighted by Gasteiger charge is -2.23. The quantitative estimate of drug-likeness (QED) is 0.358. The van der Waals surface area contributed by atoms with Crippen LogP contribution in [0.4, 0.5) is 5.13 Å². The van der Waals surface area contributed by atoms with Crippen molar-refractivity contribution in [3.63, 3.8) is 0 Å². The third kappa shape index (κ3) is 7.54. The van der Waals surface area contributed by atoms with E-state index < -0.39 is 0 Å². The molecule has 0 aliphatic carbocycles. The fraction of sp³-hybridized carbons (Fsp3) is 0.375. The summed E-state index contributed by atoms with van der Waals surface area (Å²) in [5, 5.41) is 3.07. The van der Waals surface area contributed by atoms with Crippen LogP contribution >= 0.6 is 11.3 Å². The number of methoxy groups -OCH3 is 2. The highest BCUT2D eigenvalue weighted by molar-refractivity contribution is 7.13. The molecular formula is C24H30N2O4S. The Hall–Kier alpha value is -2.61. The second-order valence-electron chi connectivity index (χ2n) is 7.10. The van der Waals surface area contributed by atoms with Crippen LogP contribution in [0.15, 0.2) is 53.9 Å². The highest BCUT2D eigenvalue weighted by Crippen LogP contribution is 2.26. The summed E-state index contributed by atoms with van der Waals surface area (Å²) in [4.78, 5) is 7.00. The van der Waals surface area contributed by atoms with E-state index in [2.05, 4.69) is 34.5 Å². The zero-order valence-corrected chi connectivity index (χ0v) is 19.2. The summed E-state index contributed by atoms with van der Waals surface area (Å²) in [5.41, 5.74) is 3.35. The van der Waals surface area contributed by atoms with Gasteiger partial charge in [0, 0.05) is 32.7 Å². The van der Waals surface area contributed by atoms with E-state index in [0.29, 0.717) is 26.4 Å².